The van der Waals surface area contributed by atoms with Crippen LogP contribution in [-0.2, 0) is 9.59 Å². The van der Waals surface area contributed by atoms with Crippen LogP contribution < -0.4 is 4.90 Å². The summed E-state index contributed by atoms with van der Waals surface area (Å²) in [5, 5.41) is 8.63. The fourth-order valence-corrected chi connectivity index (χ4v) is 5.71. The number of carbonyl (C=O) groups excluding carboxylic acids is 3. The fraction of sp³-hybridized carbons (Fsp3) is 0.241. The van der Waals surface area contributed by atoms with E-state index >= 15 is 0 Å². The van der Waals surface area contributed by atoms with Gasteiger partial charge in [0.15, 0.2) is 0 Å². The molecule has 2 fully saturated rings. The molecule has 0 spiro atoms. The van der Waals surface area contributed by atoms with Crippen molar-refractivity contribution in [2.75, 3.05) is 37.6 Å². The van der Waals surface area contributed by atoms with Crippen LogP contribution in [0, 0.1) is 25.2 Å². The Morgan fingerprint density at radius 2 is 1.66 bits per heavy atom. The normalized spacial score (nSPS) is 16.9. The van der Waals surface area contributed by atoms with Crippen molar-refractivity contribution in [2.24, 2.45) is 0 Å². The maximum absolute atomic E-state index is 13.1. The molecule has 0 radical (unpaired) electrons. The van der Waals surface area contributed by atoms with Crippen LogP contribution in [0.4, 0.5) is 10.5 Å². The number of thioether (sulfide) groups is 1. The number of benzene rings is 2. The number of nitrogens with zero attached hydrogens (tertiary/aromatic N) is 5. The first kappa shape index (κ1) is 25.4. The van der Waals surface area contributed by atoms with Gasteiger partial charge in [-0.25, -0.2) is 0 Å². The third-order valence-corrected chi connectivity index (χ3v) is 7.84. The van der Waals surface area contributed by atoms with Gasteiger partial charge in [-0.3, -0.25) is 19.3 Å². The topological polar surface area (TPSA) is 89.7 Å². The van der Waals surface area contributed by atoms with E-state index < -0.39 is 11.1 Å². The van der Waals surface area contributed by atoms with E-state index in [0.29, 0.717) is 36.6 Å². The number of para-hydroxylation sites is 1. The lowest BCUT2D eigenvalue weighted by atomic mass is 10.2. The number of piperazine rings is 1. The molecule has 5 rings (SSSR count). The molecule has 3 amide bonds. The zero-order valence-electron chi connectivity index (χ0n) is 21.3. The molecule has 0 bridgehead atoms. The van der Waals surface area contributed by atoms with Crippen molar-refractivity contribution in [1.82, 2.24) is 14.4 Å². The summed E-state index contributed by atoms with van der Waals surface area (Å²) in [4.78, 5) is 44.1. The first-order valence-electron chi connectivity index (χ1n) is 12.4. The first-order valence-corrected chi connectivity index (χ1v) is 13.2. The van der Waals surface area contributed by atoms with Gasteiger partial charge in [-0.05, 0) is 79.7 Å². The number of nitriles is 1. The van der Waals surface area contributed by atoms with Gasteiger partial charge >= 0.3 is 0 Å². The highest BCUT2D eigenvalue weighted by molar-refractivity contribution is 8.18. The Morgan fingerprint density at radius 3 is 2.32 bits per heavy atom. The number of hydrogen-bond donors (Lipinski definition) is 0. The largest absolute Gasteiger partial charge is 0.368 e. The Kier molecular flexibility index (Phi) is 7.07. The van der Waals surface area contributed by atoms with E-state index in [1.54, 1.807) is 23.1 Å². The zero-order valence-corrected chi connectivity index (χ0v) is 22.1. The van der Waals surface area contributed by atoms with Gasteiger partial charge in [0.2, 0.25) is 5.91 Å². The van der Waals surface area contributed by atoms with Crippen LogP contribution in [-0.4, -0.2) is 64.1 Å². The molecule has 9 heteroatoms. The molecule has 2 saturated heterocycles. The molecule has 0 unspecified atom stereocenters. The van der Waals surface area contributed by atoms with E-state index in [4.69, 9.17) is 5.26 Å². The van der Waals surface area contributed by atoms with Crippen molar-refractivity contribution >= 4 is 40.6 Å². The second-order valence-corrected chi connectivity index (χ2v) is 10.3. The van der Waals surface area contributed by atoms with Crippen molar-refractivity contribution in [1.29, 1.82) is 5.26 Å². The van der Waals surface area contributed by atoms with Gasteiger partial charge in [-0.2, -0.15) is 5.26 Å². The average molecular weight is 526 g/mol. The van der Waals surface area contributed by atoms with Gasteiger partial charge in [0.25, 0.3) is 11.1 Å². The van der Waals surface area contributed by atoms with E-state index in [-0.39, 0.29) is 12.5 Å². The lowest BCUT2D eigenvalue weighted by molar-refractivity contribution is -0.136. The number of anilines is 1. The van der Waals surface area contributed by atoms with Gasteiger partial charge in [0.05, 0.1) is 16.5 Å². The quantitative estimate of drug-likeness (QED) is 0.460. The zero-order chi connectivity index (χ0) is 26.8. The van der Waals surface area contributed by atoms with E-state index in [0.717, 1.165) is 45.0 Å². The SMILES string of the molecule is Cc1cc(C=C2SC(=O)N(CC(=O)N3CCN(c4ccccc4)CC3)C2=O)c(C)n1-c1ccc(C#N)cc1. The highest BCUT2D eigenvalue weighted by Gasteiger charge is 2.37. The van der Waals surface area contributed by atoms with Crippen LogP contribution in [0.1, 0.15) is 22.5 Å². The molecular formula is C29H27N5O3S. The van der Waals surface area contributed by atoms with E-state index in [9.17, 15) is 14.4 Å². The lowest BCUT2D eigenvalue weighted by Gasteiger charge is -2.36. The third-order valence-electron chi connectivity index (χ3n) is 6.93. The minimum absolute atomic E-state index is 0.222. The number of hydrogen-bond acceptors (Lipinski definition) is 6. The summed E-state index contributed by atoms with van der Waals surface area (Å²) >= 11 is 0.862. The Hall–Kier alpha value is -4.29. The van der Waals surface area contributed by atoms with Crippen LogP contribution in [0.3, 0.4) is 0 Å². The van der Waals surface area contributed by atoms with Crippen LogP contribution in [0.25, 0.3) is 11.8 Å². The summed E-state index contributed by atoms with van der Waals surface area (Å²) in [7, 11) is 0. The summed E-state index contributed by atoms with van der Waals surface area (Å²) in [6, 6.07) is 21.4. The monoisotopic (exact) mass is 525 g/mol. The molecule has 2 aromatic carbocycles. The molecule has 38 heavy (non-hydrogen) atoms. The molecule has 0 N–H and O–H groups in total. The fourth-order valence-electron chi connectivity index (χ4n) is 4.88. The second kappa shape index (κ2) is 10.6. The molecule has 1 aromatic heterocycles. The Labute approximate surface area is 225 Å². The van der Waals surface area contributed by atoms with Crippen molar-refractivity contribution in [3.8, 4) is 11.8 Å². The average Bonchev–Trinajstić information content (AvgIpc) is 3.37. The summed E-state index contributed by atoms with van der Waals surface area (Å²) in [6.45, 7) is 6.14. The molecule has 0 atom stereocenters. The summed E-state index contributed by atoms with van der Waals surface area (Å²) < 4.78 is 2.04. The molecular weight excluding hydrogens is 498 g/mol. The number of aryl methyl sites for hydroxylation is 1. The minimum Gasteiger partial charge on any atom is -0.368 e. The molecule has 0 aliphatic carbocycles. The predicted octanol–water partition coefficient (Wildman–Crippen LogP) is 4.35. The summed E-state index contributed by atoms with van der Waals surface area (Å²) in [6.07, 6.45) is 1.72. The van der Waals surface area contributed by atoms with Crippen molar-refractivity contribution < 1.29 is 14.4 Å². The van der Waals surface area contributed by atoms with E-state index in [1.807, 2.05) is 66.9 Å². The van der Waals surface area contributed by atoms with Crippen molar-refractivity contribution in [3.05, 3.63) is 88.1 Å². The molecule has 3 heterocycles. The lowest BCUT2D eigenvalue weighted by Crippen LogP contribution is -2.51. The Morgan fingerprint density at radius 1 is 0.974 bits per heavy atom. The molecule has 8 nitrogen and oxygen atoms in total. The smallest absolute Gasteiger partial charge is 0.294 e. The van der Waals surface area contributed by atoms with Crippen LogP contribution in [0.5, 0.6) is 0 Å². The predicted molar refractivity (Wildman–Crippen MR) is 148 cm³/mol. The first-order chi connectivity index (χ1) is 18.4. The Balaban J connectivity index is 1.26. The van der Waals surface area contributed by atoms with Gasteiger partial charge in [-0.1, -0.05) is 18.2 Å². The van der Waals surface area contributed by atoms with Gasteiger partial charge in [0, 0.05) is 48.9 Å². The molecule has 3 aromatic rings. The molecule has 2 aliphatic heterocycles. The van der Waals surface area contributed by atoms with Crippen molar-refractivity contribution in [2.45, 2.75) is 13.8 Å². The van der Waals surface area contributed by atoms with Crippen LogP contribution >= 0.6 is 11.8 Å². The highest BCUT2D eigenvalue weighted by atomic mass is 32.2. The minimum atomic E-state index is -0.445. The summed E-state index contributed by atoms with van der Waals surface area (Å²) in [5.41, 5.74) is 5.30. The van der Waals surface area contributed by atoms with E-state index in [2.05, 4.69) is 11.0 Å². The molecule has 192 valence electrons. The Bertz CT molecular complexity index is 1460. The third kappa shape index (κ3) is 4.95. The summed E-state index contributed by atoms with van der Waals surface area (Å²) in [5.74, 6) is -0.667. The molecule has 2 aliphatic rings. The van der Waals surface area contributed by atoms with E-state index in [1.165, 1.54) is 0 Å². The van der Waals surface area contributed by atoms with Crippen LogP contribution in [0.2, 0.25) is 0 Å². The van der Waals surface area contributed by atoms with Gasteiger partial charge in [-0.15, -0.1) is 0 Å². The van der Waals surface area contributed by atoms with Crippen LogP contribution in [0.15, 0.2) is 65.6 Å². The van der Waals surface area contributed by atoms with Gasteiger partial charge < -0.3 is 14.4 Å². The number of amides is 3. The maximum atomic E-state index is 13.1. The van der Waals surface area contributed by atoms with Crippen molar-refractivity contribution in [3.63, 3.8) is 0 Å². The number of aromatic nitrogens is 1. The van der Waals surface area contributed by atoms with Gasteiger partial charge in [0.1, 0.15) is 6.54 Å². The number of rotatable bonds is 5. The standard InChI is InChI=1S/C29H27N5O3S/c1-20-16-23(21(2)34(20)25-10-8-22(18-30)9-11-25)17-26-28(36)33(29(37)38-26)19-27(35)32-14-12-31(13-15-32)24-6-4-3-5-7-24/h3-11,16-17H,12-15,19H2,1-2H3. The molecule has 0 saturated carbocycles. The highest BCUT2D eigenvalue weighted by Crippen LogP contribution is 2.34. The number of carbonyl (C=O) groups is 3. The number of imide groups is 1. The maximum Gasteiger partial charge on any atom is 0.294 e. The second-order valence-electron chi connectivity index (χ2n) is 9.29.